The predicted octanol–water partition coefficient (Wildman–Crippen LogP) is 4.98. The molecule has 0 saturated heterocycles. The summed E-state index contributed by atoms with van der Waals surface area (Å²) >= 11 is 6.12. The molecular weight excluding hydrogens is 464 g/mol. The highest BCUT2D eigenvalue weighted by atomic mass is 35.5. The second kappa shape index (κ2) is 10.2. The first-order chi connectivity index (χ1) is 16.9. The van der Waals surface area contributed by atoms with Crippen LogP contribution in [-0.4, -0.2) is 15.3 Å². The van der Waals surface area contributed by atoms with Crippen LogP contribution in [0, 0.1) is 25.2 Å². The molecule has 0 radical (unpaired) electrons. The molecule has 4 rings (SSSR count). The zero-order valence-corrected chi connectivity index (χ0v) is 19.8. The fraction of sp³-hybridized carbons (Fsp3) is 0.111. The number of ether oxygens (including phenoxy) is 1. The number of hydrogen-bond donors (Lipinski definition) is 1. The number of amides is 1. The Labute approximate surface area is 206 Å². The van der Waals surface area contributed by atoms with Crippen LogP contribution < -0.4 is 15.6 Å². The fourth-order valence-corrected chi connectivity index (χ4v) is 3.57. The second-order valence-electron chi connectivity index (χ2n) is 7.87. The summed E-state index contributed by atoms with van der Waals surface area (Å²) in [6.45, 7) is 3.89. The molecule has 7 nitrogen and oxygen atoms in total. The topological polar surface area (TPSA) is 96.5 Å². The van der Waals surface area contributed by atoms with Gasteiger partial charge < -0.3 is 10.1 Å². The van der Waals surface area contributed by atoms with E-state index in [1.54, 1.807) is 30.5 Å². The highest BCUT2D eigenvalue weighted by molar-refractivity contribution is 6.31. The van der Waals surface area contributed by atoms with Crippen molar-refractivity contribution in [3.63, 3.8) is 0 Å². The van der Waals surface area contributed by atoms with E-state index in [9.17, 15) is 14.9 Å². The quantitative estimate of drug-likeness (QED) is 0.307. The number of carbonyl (C=O) groups excluding carboxylic acids is 1. The lowest BCUT2D eigenvalue weighted by molar-refractivity contribution is -0.117. The number of aromatic nitrogens is 2. The molecule has 35 heavy (non-hydrogen) atoms. The molecule has 174 valence electrons. The minimum atomic E-state index is -0.613. The van der Waals surface area contributed by atoms with E-state index in [4.69, 9.17) is 16.3 Å². The molecule has 8 heteroatoms. The average molecular weight is 485 g/mol. The van der Waals surface area contributed by atoms with E-state index in [1.807, 2.05) is 56.3 Å². The first kappa shape index (κ1) is 23.7. The zero-order valence-electron chi connectivity index (χ0n) is 19.1. The number of nitriles is 1. The lowest BCUT2D eigenvalue weighted by Gasteiger charge is -2.12. The SMILES string of the molecule is Cc1cc(Oc2nc3c(C)cccn3c(=O)c2/C=C(\C#N)C(=O)NCc2ccccc2)ccc1Cl. The number of aryl methyl sites for hydroxylation is 2. The van der Waals surface area contributed by atoms with Gasteiger partial charge in [-0.2, -0.15) is 10.2 Å². The number of halogens is 1. The predicted molar refractivity (Wildman–Crippen MR) is 134 cm³/mol. The van der Waals surface area contributed by atoms with Gasteiger partial charge >= 0.3 is 0 Å². The van der Waals surface area contributed by atoms with Crippen molar-refractivity contribution in [2.24, 2.45) is 0 Å². The van der Waals surface area contributed by atoms with Gasteiger partial charge in [0.25, 0.3) is 11.5 Å². The van der Waals surface area contributed by atoms with Crippen molar-refractivity contribution >= 4 is 29.2 Å². The lowest BCUT2D eigenvalue weighted by atomic mass is 10.1. The largest absolute Gasteiger partial charge is 0.438 e. The maximum atomic E-state index is 13.4. The van der Waals surface area contributed by atoms with Gasteiger partial charge in [0, 0.05) is 17.8 Å². The Morgan fingerprint density at radius 3 is 2.63 bits per heavy atom. The summed E-state index contributed by atoms with van der Waals surface area (Å²) in [6.07, 6.45) is 2.79. The van der Waals surface area contributed by atoms with E-state index >= 15 is 0 Å². The van der Waals surface area contributed by atoms with Crippen molar-refractivity contribution in [2.45, 2.75) is 20.4 Å². The lowest BCUT2D eigenvalue weighted by Crippen LogP contribution is -2.25. The van der Waals surface area contributed by atoms with Crippen molar-refractivity contribution in [1.29, 1.82) is 5.26 Å². The number of hydrogen-bond acceptors (Lipinski definition) is 5. The third kappa shape index (κ3) is 5.24. The van der Waals surface area contributed by atoms with Gasteiger partial charge in [-0.1, -0.05) is 48.0 Å². The number of pyridine rings is 1. The number of nitrogens with one attached hydrogen (secondary N) is 1. The molecule has 0 aliphatic rings. The Bertz CT molecular complexity index is 1550. The standard InChI is InChI=1S/C27H21ClN4O3/c1-17-7-6-12-32-24(17)31-26(35-21-10-11-23(28)18(2)13-21)22(27(32)34)14-20(15-29)25(33)30-16-19-8-4-3-5-9-19/h3-14H,16H2,1-2H3,(H,30,33)/b20-14+. The Hall–Kier alpha value is -4.41. The highest BCUT2D eigenvalue weighted by Gasteiger charge is 2.18. The molecule has 1 N–H and O–H groups in total. The van der Waals surface area contributed by atoms with E-state index in [0.717, 1.165) is 16.7 Å². The highest BCUT2D eigenvalue weighted by Crippen LogP contribution is 2.28. The van der Waals surface area contributed by atoms with Crippen LogP contribution in [0.2, 0.25) is 5.02 Å². The molecule has 0 spiro atoms. The monoisotopic (exact) mass is 484 g/mol. The number of fused-ring (bicyclic) bond motifs is 1. The first-order valence-electron chi connectivity index (χ1n) is 10.8. The third-order valence-corrected chi connectivity index (χ3v) is 5.77. The Morgan fingerprint density at radius 2 is 1.91 bits per heavy atom. The van der Waals surface area contributed by atoms with Gasteiger partial charge in [-0.15, -0.1) is 0 Å². The Morgan fingerprint density at radius 1 is 1.14 bits per heavy atom. The molecule has 0 saturated carbocycles. The van der Waals surface area contributed by atoms with Crippen LogP contribution in [-0.2, 0) is 11.3 Å². The van der Waals surface area contributed by atoms with Gasteiger partial charge in [-0.25, -0.2) is 0 Å². The van der Waals surface area contributed by atoms with Gasteiger partial charge in [0.15, 0.2) is 0 Å². The van der Waals surface area contributed by atoms with Gasteiger partial charge in [0.2, 0.25) is 5.88 Å². The van der Waals surface area contributed by atoms with Crippen molar-refractivity contribution in [2.75, 3.05) is 0 Å². The number of nitrogens with zero attached hydrogens (tertiary/aromatic N) is 3. The van der Waals surface area contributed by atoms with E-state index in [0.29, 0.717) is 16.4 Å². The van der Waals surface area contributed by atoms with Crippen molar-refractivity contribution in [3.8, 4) is 17.7 Å². The van der Waals surface area contributed by atoms with E-state index in [1.165, 1.54) is 10.5 Å². The normalized spacial score (nSPS) is 11.2. The summed E-state index contributed by atoms with van der Waals surface area (Å²) in [5, 5.41) is 13.0. The summed E-state index contributed by atoms with van der Waals surface area (Å²) in [4.78, 5) is 30.7. The molecule has 4 aromatic rings. The maximum absolute atomic E-state index is 13.4. The van der Waals surface area contributed by atoms with Crippen LogP contribution in [0.3, 0.4) is 0 Å². The van der Waals surface area contributed by atoms with Crippen LogP contribution in [0.5, 0.6) is 11.6 Å². The zero-order chi connectivity index (χ0) is 24.9. The summed E-state index contributed by atoms with van der Waals surface area (Å²) in [7, 11) is 0. The molecule has 1 amide bonds. The molecular formula is C27H21ClN4O3. The number of carbonyl (C=O) groups is 1. The van der Waals surface area contributed by atoms with E-state index in [-0.39, 0.29) is 23.6 Å². The van der Waals surface area contributed by atoms with Gasteiger partial charge in [0.1, 0.15) is 28.6 Å². The summed E-state index contributed by atoms with van der Waals surface area (Å²) in [5.41, 5.74) is 2.09. The van der Waals surface area contributed by atoms with Crippen molar-refractivity contribution in [1.82, 2.24) is 14.7 Å². The Balaban J connectivity index is 1.78. The van der Waals surface area contributed by atoms with Gasteiger partial charge in [0.05, 0.1) is 0 Å². The molecule has 0 bridgehead atoms. The second-order valence-corrected chi connectivity index (χ2v) is 8.28. The van der Waals surface area contributed by atoms with Crippen LogP contribution >= 0.6 is 11.6 Å². The molecule has 2 heterocycles. The molecule has 0 fully saturated rings. The van der Waals surface area contributed by atoms with Crippen LogP contribution in [0.25, 0.3) is 11.7 Å². The smallest absolute Gasteiger partial charge is 0.269 e. The summed E-state index contributed by atoms with van der Waals surface area (Å²) in [6, 6.07) is 19.8. The summed E-state index contributed by atoms with van der Waals surface area (Å²) in [5.74, 6) is -0.216. The molecule has 2 aromatic carbocycles. The minimum Gasteiger partial charge on any atom is -0.438 e. The van der Waals surface area contributed by atoms with Crippen molar-refractivity contribution in [3.05, 3.63) is 110 Å². The summed E-state index contributed by atoms with van der Waals surface area (Å²) < 4.78 is 7.33. The fourth-order valence-electron chi connectivity index (χ4n) is 3.45. The Kier molecular flexibility index (Phi) is 6.95. The van der Waals surface area contributed by atoms with Crippen LogP contribution in [0.4, 0.5) is 0 Å². The molecule has 0 aliphatic carbocycles. The van der Waals surface area contributed by atoms with Crippen molar-refractivity contribution < 1.29 is 9.53 Å². The number of benzene rings is 2. The number of rotatable bonds is 6. The minimum absolute atomic E-state index is 0.0189. The van der Waals surface area contributed by atoms with Crippen LogP contribution in [0.1, 0.15) is 22.3 Å². The third-order valence-electron chi connectivity index (χ3n) is 5.34. The van der Waals surface area contributed by atoms with Gasteiger partial charge in [-0.05, 0) is 60.9 Å². The molecule has 0 atom stereocenters. The van der Waals surface area contributed by atoms with Crippen LogP contribution in [0.15, 0.2) is 77.2 Å². The molecule has 0 aliphatic heterocycles. The maximum Gasteiger partial charge on any atom is 0.269 e. The molecule has 2 aromatic heterocycles. The van der Waals surface area contributed by atoms with Gasteiger partial charge in [-0.3, -0.25) is 14.0 Å². The van der Waals surface area contributed by atoms with E-state index < -0.39 is 11.5 Å². The van der Waals surface area contributed by atoms with E-state index in [2.05, 4.69) is 10.3 Å². The first-order valence-corrected chi connectivity index (χ1v) is 11.1. The average Bonchev–Trinajstić information content (AvgIpc) is 2.86. The molecule has 0 unspecified atom stereocenters.